The number of carbonyl (C=O) groups excluding carboxylic acids is 1. The van der Waals surface area contributed by atoms with Gasteiger partial charge in [-0.05, 0) is 47.0 Å². The molecule has 0 bridgehead atoms. The number of amides is 1. The second-order valence-electron chi connectivity index (χ2n) is 6.16. The number of nitrogens with zero attached hydrogens (tertiary/aromatic N) is 3. The molecule has 150 valence electrons. The third-order valence-electron chi connectivity index (χ3n) is 4.42. The molecule has 2 heterocycles. The number of hydrogen-bond donors (Lipinski definition) is 1. The Morgan fingerprint density at radius 1 is 1.29 bits per heavy atom. The van der Waals surface area contributed by atoms with Crippen molar-refractivity contribution in [1.29, 1.82) is 0 Å². The zero-order chi connectivity index (χ0) is 20.3. The molecule has 0 saturated carbocycles. The van der Waals surface area contributed by atoms with Crippen molar-refractivity contribution in [3.8, 4) is 5.75 Å². The van der Waals surface area contributed by atoms with Crippen LogP contribution < -0.4 is 10.1 Å². The van der Waals surface area contributed by atoms with Gasteiger partial charge in [0.15, 0.2) is 5.75 Å². The number of methoxy groups -OCH3 is 1. The molecule has 1 fully saturated rings. The van der Waals surface area contributed by atoms with E-state index < -0.39 is 10.0 Å². The SMILES string of the molecule is COc1c(Br)cc(Cl)cc1S(=O)(=O)N1CCC(C(=O)Nc2ncccn2)CC1. The van der Waals surface area contributed by atoms with Crippen LogP contribution in [-0.4, -0.2) is 48.8 Å². The van der Waals surface area contributed by atoms with Crippen LogP contribution in [0.5, 0.6) is 5.75 Å². The zero-order valence-corrected chi connectivity index (χ0v) is 18.1. The summed E-state index contributed by atoms with van der Waals surface area (Å²) < 4.78 is 33.2. The van der Waals surface area contributed by atoms with Crippen molar-refractivity contribution in [2.24, 2.45) is 5.92 Å². The van der Waals surface area contributed by atoms with Gasteiger partial charge < -0.3 is 4.74 Å². The largest absolute Gasteiger partial charge is 0.494 e. The van der Waals surface area contributed by atoms with Gasteiger partial charge in [-0.2, -0.15) is 4.31 Å². The van der Waals surface area contributed by atoms with Gasteiger partial charge in [0, 0.05) is 36.4 Å². The fraction of sp³-hybridized carbons (Fsp3) is 0.353. The van der Waals surface area contributed by atoms with Crippen LogP contribution in [0, 0.1) is 5.92 Å². The topological polar surface area (TPSA) is 101 Å². The lowest BCUT2D eigenvalue weighted by Gasteiger charge is -2.30. The molecule has 11 heteroatoms. The number of benzene rings is 1. The second-order valence-corrected chi connectivity index (χ2v) is 9.36. The van der Waals surface area contributed by atoms with E-state index in [4.69, 9.17) is 16.3 Å². The number of sulfonamides is 1. The van der Waals surface area contributed by atoms with Crippen LogP contribution in [0.2, 0.25) is 5.02 Å². The van der Waals surface area contributed by atoms with Gasteiger partial charge in [0.1, 0.15) is 4.90 Å². The number of carbonyl (C=O) groups is 1. The van der Waals surface area contributed by atoms with E-state index in [2.05, 4.69) is 31.2 Å². The summed E-state index contributed by atoms with van der Waals surface area (Å²) >= 11 is 9.31. The summed E-state index contributed by atoms with van der Waals surface area (Å²) in [6.07, 6.45) is 3.85. The third kappa shape index (κ3) is 4.45. The molecule has 8 nitrogen and oxygen atoms in total. The Labute approximate surface area is 176 Å². The number of nitrogens with one attached hydrogen (secondary N) is 1. The number of hydrogen-bond acceptors (Lipinski definition) is 6. The van der Waals surface area contributed by atoms with Crippen LogP contribution in [0.25, 0.3) is 0 Å². The summed E-state index contributed by atoms with van der Waals surface area (Å²) in [7, 11) is -2.42. The number of anilines is 1. The molecular formula is C17H18BrClN4O4S. The first-order valence-electron chi connectivity index (χ1n) is 8.44. The molecule has 0 atom stereocenters. The maximum Gasteiger partial charge on any atom is 0.246 e. The summed E-state index contributed by atoms with van der Waals surface area (Å²) in [5.74, 6) is -0.101. The first-order valence-corrected chi connectivity index (χ1v) is 11.0. The van der Waals surface area contributed by atoms with Gasteiger partial charge in [-0.1, -0.05) is 11.6 Å². The average molecular weight is 490 g/mol. The molecule has 0 aliphatic carbocycles. The highest BCUT2D eigenvalue weighted by Crippen LogP contribution is 2.37. The summed E-state index contributed by atoms with van der Waals surface area (Å²) in [6.45, 7) is 0.423. The van der Waals surface area contributed by atoms with E-state index in [1.807, 2.05) is 0 Å². The third-order valence-corrected chi connectivity index (χ3v) is 7.13. The molecule has 1 aromatic heterocycles. The molecule has 1 N–H and O–H groups in total. The fourth-order valence-corrected chi connectivity index (χ4v) is 5.84. The van der Waals surface area contributed by atoms with Gasteiger partial charge in [-0.15, -0.1) is 0 Å². The minimum absolute atomic E-state index is 0.00466. The van der Waals surface area contributed by atoms with Crippen molar-refractivity contribution in [2.75, 3.05) is 25.5 Å². The molecule has 0 radical (unpaired) electrons. The summed E-state index contributed by atoms with van der Waals surface area (Å²) in [5, 5.41) is 2.94. The molecule has 2 aromatic rings. The molecule has 0 spiro atoms. The predicted octanol–water partition coefficient (Wildman–Crippen LogP) is 2.94. The van der Waals surface area contributed by atoms with Crippen molar-refractivity contribution in [3.05, 3.63) is 40.1 Å². The highest BCUT2D eigenvalue weighted by Gasteiger charge is 2.34. The van der Waals surface area contributed by atoms with Crippen LogP contribution in [-0.2, 0) is 14.8 Å². The van der Waals surface area contributed by atoms with E-state index in [0.29, 0.717) is 17.3 Å². The maximum atomic E-state index is 13.1. The minimum Gasteiger partial charge on any atom is -0.494 e. The summed E-state index contributed by atoms with van der Waals surface area (Å²) in [4.78, 5) is 20.3. The molecule has 3 rings (SSSR count). The molecule has 0 unspecified atom stereocenters. The monoisotopic (exact) mass is 488 g/mol. The summed E-state index contributed by atoms with van der Waals surface area (Å²) in [5.41, 5.74) is 0. The maximum absolute atomic E-state index is 13.1. The quantitative estimate of drug-likeness (QED) is 0.693. The van der Waals surface area contributed by atoms with Crippen molar-refractivity contribution < 1.29 is 17.9 Å². The highest BCUT2D eigenvalue weighted by atomic mass is 79.9. The number of piperidine rings is 1. The molecular weight excluding hydrogens is 472 g/mol. The molecule has 1 amide bonds. The van der Waals surface area contributed by atoms with E-state index in [0.717, 1.165) is 0 Å². The number of ether oxygens (including phenoxy) is 1. The highest BCUT2D eigenvalue weighted by molar-refractivity contribution is 9.10. The van der Waals surface area contributed by atoms with Gasteiger partial charge in [0.25, 0.3) is 0 Å². The Balaban J connectivity index is 1.71. The lowest BCUT2D eigenvalue weighted by atomic mass is 9.97. The van der Waals surface area contributed by atoms with Gasteiger partial charge in [-0.25, -0.2) is 18.4 Å². The number of halogens is 2. The Morgan fingerprint density at radius 2 is 1.93 bits per heavy atom. The Kier molecular flexibility index (Phi) is 6.54. The van der Waals surface area contributed by atoms with Gasteiger partial charge >= 0.3 is 0 Å². The molecule has 1 aliphatic heterocycles. The zero-order valence-electron chi connectivity index (χ0n) is 14.9. The van der Waals surface area contributed by atoms with Crippen LogP contribution >= 0.6 is 27.5 Å². The first-order chi connectivity index (χ1) is 13.3. The van der Waals surface area contributed by atoms with Crippen LogP contribution in [0.1, 0.15) is 12.8 Å². The summed E-state index contributed by atoms with van der Waals surface area (Å²) in [6, 6.07) is 4.59. The molecule has 1 saturated heterocycles. The van der Waals surface area contributed by atoms with Crippen LogP contribution in [0.15, 0.2) is 40.0 Å². The normalized spacial score (nSPS) is 16.0. The number of aromatic nitrogens is 2. The lowest BCUT2D eigenvalue weighted by Crippen LogP contribution is -2.41. The van der Waals surface area contributed by atoms with Gasteiger partial charge in [0.05, 0.1) is 11.6 Å². The minimum atomic E-state index is -3.82. The van der Waals surface area contributed by atoms with E-state index in [9.17, 15) is 13.2 Å². The Hall–Kier alpha value is -1.75. The van der Waals surface area contributed by atoms with Crippen molar-refractivity contribution >= 4 is 49.4 Å². The second kappa shape index (κ2) is 8.73. The van der Waals surface area contributed by atoms with Crippen molar-refractivity contribution in [1.82, 2.24) is 14.3 Å². The number of rotatable bonds is 5. The van der Waals surface area contributed by atoms with E-state index in [1.165, 1.54) is 29.9 Å². The van der Waals surface area contributed by atoms with Crippen LogP contribution in [0.4, 0.5) is 5.95 Å². The molecule has 1 aliphatic rings. The Bertz CT molecular complexity index is 967. The van der Waals surface area contributed by atoms with E-state index >= 15 is 0 Å². The molecule has 28 heavy (non-hydrogen) atoms. The van der Waals surface area contributed by atoms with Crippen LogP contribution in [0.3, 0.4) is 0 Å². The molecule has 1 aromatic carbocycles. The smallest absolute Gasteiger partial charge is 0.246 e. The van der Waals surface area contributed by atoms with Crippen molar-refractivity contribution in [3.63, 3.8) is 0 Å². The van der Waals surface area contributed by atoms with Gasteiger partial charge in [-0.3, -0.25) is 10.1 Å². The average Bonchev–Trinajstić information content (AvgIpc) is 2.68. The standard InChI is InChI=1S/C17H18BrClN4O4S/c1-27-15-13(18)9-12(19)10-14(15)28(25,26)23-7-3-11(4-8-23)16(24)22-17-20-5-2-6-21-17/h2,5-6,9-11H,3-4,7-8H2,1H3,(H,20,21,22,24). The van der Waals surface area contributed by atoms with Crippen molar-refractivity contribution in [2.45, 2.75) is 17.7 Å². The predicted molar refractivity (Wildman–Crippen MR) is 108 cm³/mol. The lowest BCUT2D eigenvalue weighted by molar-refractivity contribution is -0.121. The van der Waals surface area contributed by atoms with E-state index in [1.54, 1.807) is 12.1 Å². The Morgan fingerprint density at radius 3 is 2.54 bits per heavy atom. The fourth-order valence-electron chi connectivity index (χ4n) is 3.00. The van der Waals surface area contributed by atoms with E-state index in [-0.39, 0.29) is 46.5 Å². The first kappa shape index (κ1) is 21.0. The van der Waals surface area contributed by atoms with Gasteiger partial charge in [0.2, 0.25) is 21.9 Å².